The van der Waals surface area contributed by atoms with E-state index in [1.54, 1.807) is 11.3 Å². The average molecular weight is 261 g/mol. The molecule has 2 aromatic rings. The Hall–Kier alpha value is -1.46. The third-order valence-electron chi connectivity index (χ3n) is 3.12. The van der Waals surface area contributed by atoms with E-state index in [4.69, 9.17) is 0 Å². The van der Waals surface area contributed by atoms with E-state index in [-0.39, 0.29) is 5.91 Å². The molecule has 0 aliphatic carbocycles. The van der Waals surface area contributed by atoms with Gasteiger partial charge in [0.2, 0.25) is 5.91 Å². The van der Waals surface area contributed by atoms with E-state index >= 15 is 0 Å². The summed E-state index contributed by atoms with van der Waals surface area (Å²) >= 11 is 1.64. The minimum absolute atomic E-state index is 0.126. The molecule has 2 heterocycles. The monoisotopic (exact) mass is 261 g/mol. The van der Waals surface area contributed by atoms with E-state index in [0.717, 1.165) is 23.6 Å². The number of para-hydroxylation sites is 1. The third kappa shape index (κ3) is 2.52. The summed E-state index contributed by atoms with van der Waals surface area (Å²) < 4.78 is 1.17. The Balaban J connectivity index is 1.57. The molecular weight excluding hydrogens is 246 g/mol. The summed E-state index contributed by atoms with van der Waals surface area (Å²) in [5, 5.41) is 7.08. The van der Waals surface area contributed by atoms with Gasteiger partial charge in [0.05, 0.1) is 16.8 Å². The van der Waals surface area contributed by atoms with Crippen molar-refractivity contribution in [2.45, 2.75) is 13.0 Å². The van der Waals surface area contributed by atoms with Crippen LogP contribution < -0.4 is 10.6 Å². The molecule has 0 radical (unpaired) electrons. The van der Waals surface area contributed by atoms with Crippen molar-refractivity contribution < 1.29 is 4.79 Å². The molecule has 1 aliphatic heterocycles. The first-order chi connectivity index (χ1) is 8.81. The van der Waals surface area contributed by atoms with Crippen LogP contribution in [0.15, 0.2) is 24.3 Å². The SMILES string of the molecule is O=C(CC1CNC1)NCc1nc2ccccc2s1. The summed E-state index contributed by atoms with van der Waals surface area (Å²) in [5.41, 5.74) is 1.01. The van der Waals surface area contributed by atoms with Crippen LogP contribution in [0.3, 0.4) is 0 Å². The summed E-state index contributed by atoms with van der Waals surface area (Å²) in [7, 11) is 0. The normalized spacial score (nSPS) is 15.6. The molecule has 0 atom stereocenters. The van der Waals surface area contributed by atoms with Crippen LogP contribution in [-0.2, 0) is 11.3 Å². The number of thiazole rings is 1. The summed E-state index contributed by atoms with van der Waals surface area (Å²) in [6.45, 7) is 2.47. The maximum atomic E-state index is 11.7. The van der Waals surface area contributed by atoms with E-state index in [9.17, 15) is 4.79 Å². The number of rotatable bonds is 4. The Kier molecular flexibility index (Phi) is 3.25. The first-order valence-electron chi connectivity index (χ1n) is 6.13. The van der Waals surface area contributed by atoms with Crippen LogP contribution in [0, 0.1) is 5.92 Å². The van der Waals surface area contributed by atoms with Crippen LogP contribution in [0.2, 0.25) is 0 Å². The number of benzene rings is 1. The van der Waals surface area contributed by atoms with Gasteiger partial charge in [-0.3, -0.25) is 4.79 Å². The quantitative estimate of drug-likeness (QED) is 0.877. The molecule has 94 valence electrons. The largest absolute Gasteiger partial charge is 0.350 e. The van der Waals surface area contributed by atoms with Gasteiger partial charge in [-0.1, -0.05) is 12.1 Å². The highest BCUT2D eigenvalue weighted by Gasteiger charge is 2.19. The van der Waals surface area contributed by atoms with E-state index in [0.29, 0.717) is 18.9 Å². The summed E-state index contributed by atoms with van der Waals surface area (Å²) in [6, 6.07) is 8.04. The number of carbonyl (C=O) groups excluding carboxylic acids is 1. The zero-order valence-electron chi connectivity index (χ0n) is 9.98. The number of hydrogen-bond donors (Lipinski definition) is 2. The van der Waals surface area contributed by atoms with E-state index in [2.05, 4.69) is 21.7 Å². The lowest BCUT2D eigenvalue weighted by Crippen LogP contribution is -2.44. The van der Waals surface area contributed by atoms with Crippen LogP contribution in [-0.4, -0.2) is 24.0 Å². The second kappa shape index (κ2) is 5.04. The van der Waals surface area contributed by atoms with Crippen molar-refractivity contribution in [3.8, 4) is 0 Å². The van der Waals surface area contributed by atoms with Crippen LogP contribution >= 0.6 is 11.3 Å². The first kappa shape index (κ1) is 11.6. The maximum absolute atomic E-state index is 11.7. The van der Waals surface area contributed by atoms with Crippen molar-refractivity contribution in [2.24, 2.45) is 5.92 Å². The van der Waals surface area contributed by atoms with Gasteiger partial charge in [0.15, 0.2) is 0 Å². The number of nitrogens with zero attached hydrogens (tertiary/aromatic N) is 1. The van der Waals surface area contributed by atoms with Crippen LogP contribution in [0.4, 0.5) is 0 Å². The molecule has 5 heteroatoms. The van der Waals surface area contributed by atoms with Gasteiger partial charge in [0, 0.05) is 6.42 Å². The smallest absolute Gasteiger partial charge is 0.220 e. The number of hydrogen-bond acceptors (Lipinski definition) is 4. The van der Waals surface area contributed by atoms with E-state index < -0.39 is 0 Å². The first-order valence-corrected chi connectivity index (χ1v) is 6.95. The van der Waals surface area contributed by atoms with Gasteiger partial charge in [-0.2, -0.15) is 0 Å². The van der Waals surface area contributed by atoms with Gasteiger partial charge in [-0.25, -0.2) is 4.98 Å². The minimum Gasteiger partial charge on any atom is -0.350 e. The molecule has 2 N–H and O–H groups in total. The van der Waals surface area contributed by atoms with Gasteiger partial charge in [0.25, 0.3) is 0 Å². The molecule has 4 nitrogen and oxygen atoms in total. The molecule has 0 bridgehead atoms. The van der Waals surface area contributed by atoms with Crippen molar-refractivity contribution in [3.63, 3.8) is 0 Å². The van der Waals surface area contributed by atoms with E-state index in [1.165, 1.54) is 4.70 Å². The molecule has 1 aromatic carbocycles. The molecule has 0 saturated carbocycles. The molecule has 3 rings (SSSR count). The predicted molar refractivity (Wildman–Crippen MR) is 72.4 cm³/mol. The molecular formula is C13H15N3OS. The van der Waals surface area contributed by atoms with E-state index in [1.807, 2.05) is 18.2 Å². The molecule has 1 aliphatic rings. The minimum atomic E-state index is 0.126. The summed E-state index contributed by atoms with van der Waals surface area (Å²) in [5.74, 6) is 0.640. The number of aromatic nitrogens is 1. The fraction of sp³-hybridized carbons (Fsp3) is 0.385. The number of carbonyl (C=O) groups is 1. The number of nitrogens with one attached hydrogen (secondary N) is 2. The second-order valence-corrected chi connectivity index (χ2v) is 5.70. The fourth-order valence-electron chi connectivity index (χ4n) is 2.00. The van der Waals surface area contributed by atoms with Crippen molar-refractivity contribution in [1.82, 2.24) is 15.6 Å². The van der Waals surface area contributed by atoms with Crippen molar-refractivity contribution in [2.75, 3.05) is 13.1 Å². The highest BCUT2D eigenvalue weighted by Crippen LogP contribution is 2.21. The lowest BCUT2D eigenvalue weighted by Gasteiger charge is -2.26. The van der Waals surface area contributed by atoms with Crippen LogP contribution in [0.25, 0.3) is 10.2 Å². The Morgan fingerprint density at radius 3 is 3.00 bits per heavy atom. The lowest BCUT2D eigenvalue weighted by atomic mass is 9.99. The van der Waals surface area contributed by atoms with Gasteiger partial charge < -0.3 is 10.6 Å². The van der Waals surface area contributed by atoms with Gasteiger partial charge in [0.1, 0.15) is 5.01 Å². The highest BCUT2D eigenvalue weighted by molar-refractivity contribution is 7.18. The standard InChI is InChI=1S/C13H15N3OS/c17-12(5-9-6-14-7-9)15-8-13-16-10-3-1-2-4-11(10)18-13/h1-4,9,14H,5-8H2,(H,15,17). The lowest BCUT2D eigenvalue weighted by molar-refractivity contribution is -0.122. The Morgan fingerprint density at radius 1 is 1.44 bits per heavy atom. The predicted octanol–water partition coefficient (Wildman–Crippen LogP) is 1.52. The fourth-order valence-corrected chi connectivity index (χ4v) is 2.90. The molecule has 1 fully saturated rings. The number of amides is 1. The van der Waals surface area contributed by atoms with Crippen LogP contribution in [0.5, 0.6) is 0 Å². The zero-order valence-corrected chi connectivity index (χ0v) is 10.8. The molecule has 0 unspecified atom stereocenters. The highest BCUT2D eigenvalue weighted by atomic mass is 32.1. The number of fused-ring (bicyclic) bond motifs is 1. The molecule has 1 saturated heterocycles. The van der Waals surface area contributed by atoms with Gasteiger partial charge in [-0.15, -0.1) is 11.3 Å². The summed E-state index contributed by atoms with van der Waals surface area (Å²) in [6.07, 6.45) is 0.623. The third-order valence-corrected chi connectivity index (χ3v) is 4.15. The Morgan fingerprint density at radius 2 is 2.28 bits per heavy atom. The molecule has 1 amide bonds. The van der Waals surface area contributed by atoms with Crippen molar-refractivity contribution in [3.05, 3.63) is 29.3 Å². The average Bonchev–Trinajstić information content (AvgIpc) is 2.74. The zero-order chi connectivity index (χ0) is 12.4. The molecule has 18 heavy (non-hydrogen) atoms. The van der Waals surface area contributed by atoms with Crippen molar-refractivity contribution in [1.29, 1.82) is 0 Å². The molecule has 0 spiro atoms. The van der Waals surface area contributed by atoms with Crippen LogP contribution in [0.1, 0.15) is 11.4 Å². The van der Waals surface area contributed by atoms with Crippen molar-refractivity contribution >= 4 is 27.5 Å². The Labute approximate surface area is 109 Å². The van der Waals surface area contributed by atoms with Gasteiger partial charge in [-0.05, 0) is 31.1 Å². The second-order valence-electron chi connectivity index (χ2n) is 4.58. The topological polar surface area (TPSA) is 54.0 Å². The Bertz CT molecular complexity index is 529. The van der Waals surface area contributed by atoms with Gasteiger partial charge >= 0.3 is 0 Å². The molecule has 1 aromatic heterocycles. The summed E-state index contributed by atoms with van der Waals surface area (Å²) in [4.78, 5) is 16.2. The maximum Gasteiger partial charge on any atom is 0.220 e.